The van der Waals surface area contributed by atoms with Crippen molar-refractivity contribution >= 4 is 5.97 Å². The molecule has 0 aromatic carbocycles. The SMILES string of the molecule is CCC(CC)COC(=O)C1CC2CCCCC2N1. The molecule has 2 rings (SSSR count). The topological polar surface area (TPSA) is 38.3 Å². The summed E-state index contributed by atoms with van der Waals surface area (Å²) in [5, 5.41) is 3.48. The standard InChI is InChI=1S/C15H27NO2/c1-3-11(4-2)10-18-15(17)14-9-12-7-5-6-8-13(12)16-14/h11-14,16H,3-10H2,1-2H3. The maximum atomic E-state index is 12.0. The van der Waals surface area contributed by atoms with Gasteiger partial charge in [0, 0.05) is 6.04 Å². The van der Waals surface area contributed by atoms with Gasteiger partial charge in [0.2, 0.25) is 0 Å². The number of hydrogen-bond donors (Lipinski definition) is 1. The summed E-state index contributed by atoms with van der Waals surface area (Å²) in [4.78, 5) is 12.0. The second kappa shape index (κ2) is 6.55. The molecule has 1 heterocycles. The van der Waals surface area contributed by atoms with Crippen molar-refractivity contribution in [2.24, 2.45) is 11.8 Å². The molecule has 0 bridgehead atoms. The van der Waals surface area contributed by atoms with Crippen molar-refractivity contribution < 1.29 is 9.53 Å². The number of hydrogen-bond acceptors (Lipinski definition) is 3. The summed E-state index contributed by atoms with van der Waals surface area (Å²) in [6, 6.07) is 0.539. The van der Waals surface area contributed by atoms with Crippen molar-refractivity contribution in [3.8, 4) is 0 Å². The number of carbonyl (C=O) groups excluding carboxylic acids is 1. The second-order valence-corrected chi connectivity index (χ2v) is 5.92. The Morgan fingerprint density at radius 2 is 2.00 bits per heavy atom. The van der Waals surface area contributed by atoms with Crippen molar-refractivity contribution in [2.75, 3.05) is 6.61 Å². The Labute approximate surface area is 111 Å². The summed E-state index contributed by atoms with van der Waals surface area (Å²) in [6.45, 7) is 4.91. The number of rotatable bonds is 5. The lowest BCUT2D eigenvalue weighted by molar-refractivity contribution is -0.147. The molecule has 0 amide bonds. The molecular formula is C15H27NO2. The van der Waals surface area contributed by atoms with Gasteiger partial charge in [-0.15, -0.1) is 0 Å². The Bertz CT molecular complexity index is 262. The fourth-order valence-electron chi connectivity index (χ4n) is 3.33. The molecule has 0 aromatic heterocycles. The van der Waals surface area contributed by atoms with Crippen LogP contribution in [-0.2, 0) is 9.53 Å². The highest BCUT2D eigenvalue weighted by atomic mass is 16.5. The largest absolute Gasteiger partial charge is 0.464 e. The molecule has 104 valence electrons. The Balaban J connectivity index is 1.76. The first-order valence-corrected chi connectivity index (χ1v) is 7.67. The number of carbonyl (C=O) groups is 1. The summed E-state index contributed by atoms with van der Waals surface area (Å²) >= 11 is 0. The van der Waals surface area contributed by atoms with E-state index < -0.39 is 0 Å². The molecule has 1 saturated carbocycles. The molecule has 3 atom stereocenters. The highest BCUT2D eigenvalue weighted by molar-refractivity contribution is 5.76. The van der Waals surface area contributed by atoms with Gasteiger partial charge in [-0.25, -0.2) is 0 Å². The summed E-state index contributed by atoms with van der Waals surface area (Å²) in [5.74, 6) is 1.22. The zero-order valence-corrected chi connectivity index (χ0v) is 11.8. The molecule has 1 N–H and O–H groups in total. The van der Waals surface area contributed by atoms with Crippen molar-refractivity contribution in [2.45, 2.75) is 70.9 Å². The van der Waals surface area contributed by atoms with Gasteiger partial charge in [0.1, 0.15) is 6.04 Å². The van der Waals surface area contributed by atoms with Crippen LogP contribution in [-0.4, -0.2) is 24.7 Å². The molecule has 1 saturated heterocycles. The van der Waals surface area contributed by atoms with Crippen LogP contribution in [0.15, 0.2) is 0 Å². The van der Waals surface area contributed by atoms with Crippen molar-refractivity contribution in [1.82, 2.24) is 5.32 Å². The number of ether oxygens (including phenoxy) is 1. The van der Waals surface area contributed by atoms with Crippen LogP contribution < -0.4 is 5.32 Å². The molecule has 1 aliphatic heterocycles. The predicted molar refractivity (Wildman–Crippen MR) is 72.3 cm³/mol. The van der Waals surface area contributed by atoms with Crippen molar-refractivity contribution in [1.29, 1.82) is 0 Å². The summed E-state index contributed by atoms with van der Waals surface area (Å²) in [6.07, 6.45) is 8.34. The van der Waals surface area contributed by atoms with Gasteiger partial charge in [0.25, 0.3) is 0 Å². The predicted octanol–water partition coefficient (Wildman–Crippen LogP) is 2.89. The number of esters is 1. The number of nitrogens with one attached hydrogen (secondary N) is 1. The van der Waals surface area contributed by atoms with E-state index in [4.69, 9.17) is 4.74 Å². The molecule has 0 aromatic rings. The van der Waals surface area contributed by atoms with Crippen molar-refractivity contribution in [3.63, 3.8) is 0 Å². The highest BCUT2D eigenvalue weighted by Gasteiger charge is 2.38. The van der Waals surface area contributed by atoms with Crippen LogP contribution in [0.4, 0.5) is 0 Å². The lowest BCUT2D eigenvalue weighted by Gasteiger charge is -2.24. The minimum atomic E-state index is -0.0348. The van der Waals surface area contributed by atoms with Crippen LogP contribution in [0.5, 0.6) is 0 Å². The molecule has 0 spiro atoms. The third kappa shape index (κ3) is 3.25. The van der Waals surface area contributed by atoms with E-state index >= 15 is 0 Å². The monoisotopic (exact) mass is 253 g/mol. The lowest BCUT2D eigenvalue weighted by atomic mass is 9.85. The lowest BCUT2D eigenvalue weighted by Crippen LogP contribution is -2.38. The Kier molecular flexibility index (Phi) is 5.04. The van der Waals surface area contributed by atoms with E-state index in [-0.39, 0.29) is 12.0 Å². The smallest absolute Gasteiger partial charge is 0.323 e. The van der Waals surface area contributed by atoms with Gasteiger partial charge < -0.3 is 10.1 Å². The first-order valence-electron chi connectivity index (χ1n) is 7.67. The van der Waals surface area contributed by atoms with E-state index in [1.165, 1.54) is 25.7 Å². The van der Waals surface area contributed by atoms with Gasteiger partial charge in [-0.05, 0) is 31.1 Å². The van der Waals surface area contributed by atoms with E-state index in [1.807, 2.05) is 0 Å². The molecule has 3 heteroatoms. The first kappa shape index (κ1) is 13.9. The molecule has 3 unspecified atom stereocenters. The Morgan fingerprint density at radius 1 is 1.28 bits per heavy atom. The molecule has 1 aliphatic carbocycles. The average Bonchev–Trinajstić information content (AvgIpc) is 2.83. The van der Waals surface area contributed by atoms with Crippen LogP contribution in [0.2, 0.25) is 0 Å². The second-order valence-electron chi connectivity index (χ2n) is 5.92. The van der Waals surface area contributed by atoms with Gasteiger partial charge in [-0.1, -0.05) is 39.5 Å². The van der Waals surface area contributed by atoms with Crippen LogP contribution >= 0.6 is 0 Å². The minimum Gasteiger partial charge on any atom is -0.464 e. The summed E-state index contributed by atoms with van der Waals surface area (Å²) in [5.41, 5.74) is 0. The highest BCUT2D eigenvalue weighted by Crippen LogP contribution is 2.33. The molecule has 2 fully saturated rings. The normalized spacial score (nSPS) is 31.4. The molecule has 0 radical (unpaired) electrons. The van der Waals surface area contributed by atoms with Gasteiger partial charge in [0.05, 0.1) is 6.61 Å². The van der Waals surface area contributed by atoms with E-state index in [9.17, 15) is 4.79 Å². The Morgan fingerprint density at radius 3 is 2.67 bits per heavy atom. The van der Waals surface area contributed by atoms with E-state index in [0.717, 1.165) is 19.3 Å². The molecule has 18 heavy (non-hydrogen) atoms. The van der Waals surface area contributed by atoms with Crippen LogP contribution in [0.25, 0.3) is 0 Å². The average molecular weight is 253 g/mol. The maximum Gasteiger partial charge on any atom is 0.323 e. The van der Waals surface area contributed by atoms with Crippen LogP contribution in [0, 0.1) is 11.8 Å². The fraction of sp³-hybridized carbons (Fsp3) is 0.933. The fourth-order valence-corrected chi connectivity index (χ4v) is 3.33. The zero-order chi connectivity index (χ0) is 13.0. The minimum absolute atomic E-state index is 0.0173. The quantitative estimate of drug-likeness (QED) is 0.766. The maximum absolute atomic E-state index is 12.0. The molecule has 3 nitrogen and oxygen atoms in total. The van der Waals surface area contributed by atoms with Gasteiger partial charge >= 0.3 is 5.97 Å². The third-order valence-electron chi connectivity index (χ3n) is 4.76. The van der Waals surface area contributed by atoms with Gasteiger partial charge in [0.15, 0.2) is 0 Å². The van der Waals surface area contributed by atoms with Crippen LogP contribution in [0.1, 0.15) is 58.8 Å². The van der Waals surface area contributed by atoms with Gasteiger partial charge in [-0.2, -0.15) is 0 Å². The Hall–Kier alpha value is -0.570. The van der Waals surface area contributed by atoms with Crippen LogP contribution in [0.3, 0.4) is 0 Å². The summed E-state index contributed by atoms with van der Waals surface area (Å²) in [7, 11) is 0. The van der Waals surface area contributed by atoms with E-state index in [2.05, 4.69) is 19.2 Å². The van der Waals surface area contributed by atoms with Crippen molar-refractivity contribution in [3.05, 3.63) is 0 Å². The molecule has 2 aliphatic rings. The zero-order valence-electron chi connectivity index (χ0n) is 11.8. The van der Waals surface area contributed by atoms with E-state index in [0.29, 0.717) is 24.5 Å². The van der Waals surface area contributed by atoms with E-state index in [1.54, 1.807) is 0 Å². The first-order chi connectivity index (χ1) is 8.74. The third-order valence-corrected chi connectivity index (χ3v) is 4.76. The van der Waals surface area contributed by atoms with Gasteiger partial charge in [-0.3, -0.25) is 4.79 Å². The summed E-state index contributed by atoms with van der Waals surface area (Å²) < 4.78 is 5.47. The molecular weight excluding hydrogens is 226 g/mol. The number of fused-ring (bicyclic) bond motifs is 1.